The van der Waals surface area contributed by atoms with Gasteiger partial charge in [-0.3, -0.25) is 0 Å². The predicted molar refractivity (Wildman–Crippen MR) is 98.9 cm³/mol. The highest BCUT2D eigenvalue weighted by Crippen LogP contribution is 2.34. The van der Waals surface area contributed by atoms with Crippen LogP contribution >= 0.6 is 0 Å². The third-order valence-corrected chi connectivity index (χ3v) is 4.56. The smallest absolute Gasteiger partial charge is 0.130 e. The molecule has 2 heteroatoms. The average Bonchev–Trinajstić information content (AvgIpc) is 2.67. The molecule has 0 aliphatic heterocycles. The topological polar surface area (TPSA) is 32.3 Å². The fourth-order valence-corrected chi connectivity index (χ4v) is 3.26. The number of hydrogen-bond acceptors (Lipinski definition) is 2. The monoisotopic (exact) mass is 317 g/mol. The Morgan fingerprint density at radius 1 is 0.750 bits per heavy atom. The number of likely N-dealkylation sites (N-methyl/N-ethyl adjacent to an activating group) is 1. The van der Waals surface area contributed by atoms with Gasteiger partial charge in [0.1, 0.15) is 5.60 Å². The zero-order valence-electron chi connectivity index (χ0n) is 13.9. The van der Waals surface area contributed by atoms with Crippen molar-refractivity contribution in [2.24, 2.45) is 0 Å². The highest BCUT2D eigenvalue weighted by molar-refractivity contribution is 5.39. The minimum atomic E-state index is -1.10. The van der Waals surface area contributed by atoms with Gasteiger partial charge in [-0.2, -0.15) is 0 Å². The first-order valence-electron chi connectivity index (χ1n) is 8.29. The summed E-state index contributed by atoms with van der Waals surface area (Å²) in [4.78, 5) is 0. The SMILES string of the molecule is CNC(Cc1ccccc1)C(O)(c1ccccc1)c1ccccc1. The number of benzene rings is 3. The molecule has 1 atom stereocenters. The molecule has 2 nitrogen and oxygen atoms in total. The Hall–Kier alpha value is -2.42. The Morgan fingerprint density at radius 3 is 1.58 bits per heavy atom. The average molecular weight is 317 g/mol. The van der Waals surface area contributed by atoms with Crippen LogP contribution in [0.3, 0.4) is 0 Å². The molecule has 0 bridgehead atoms. The second-order valence-corrected chi connectivity index (χ2v) is 6.03. The summed E-state index contributed by atoms with van der Waals surface area (Å²) < 4.78 is 0. The summed E-state index contributed by atoms with van der Waals surface area (Å²) in [7, 11) is 1.91. The van der Waals surface area contributed by atoms with E-state index in [9.17, 15) is 5.11 Å². The first-order valence-corrected chi connectivity index (χ1v) is 8.29. The van der Waals surface area contributed by atoms with Crippen LogP contribution in [0.25, 0.3) is 0 Å². The number of rotatable bonds is 6. The van der Waals surface area contributed by atoms with Gasteiger partial charge in [0.2, 0.25) is 0 Å². The van der Waals surface area contributed by atoms with E-state index in [1.54, 1.807) is 0 Å². The molecule has 0 aliphatic rings. The highest BCUT2D eigenvalue weighted by Gasteiger charge is 2.39. The van der Waals surface area contributed by atoms with Crippen molar-refractivity contribution < 1.29 is 5.11 Å². The molecular formula is C22H23NO. The maximum Gasteiger partial charge on any atom is 0.130 e. The summed E-state index contributed by atoms with van der Waals surface area (Å²) in [5.74, 6) is 0. The summed E-state index contributed by atoms with van der Waals surface area (Å²) >= 11 is 0. The lowest BCUT2D eigenvalue weighted by Gasteiger charge is -2.37. The summed E-state index contributed by atoms with van der Waals surface area (Å²) in [5, 5.41) is 15.2. The van der Waals surface area contributed by atoms with Gasteiger partial charge in [-0.05, 0) is 30.2 Å². The van der Waals surface area contributed by atoms with Crippen LogP contribution in [0.15, 0.2) is 91.0 Å². The van der Waals surface area contributed by atoms with Gasteiger partial charge in [-0.15, -0.1) is 0 Å². The molecule has 0 saturated carbocycles. The summed E-state index contributed by atoms with van der Waals surface area (Å²) in [6, 6.07) is 29.9. The standard InChI is InChI=1S/C22H23NO/c1-23-21(17-18-11-5-2-6-12-18)22(24,19-13-7-3-8-14-19)20-15-9-4-10-16-20/h2-16,21,23-24H,17H2,1H3. The van der Waals surface area contributed by atoms with Crippen LogP contribution in [0.4, 0.5) is 0 Å². The first-order chi connectivity index (χ1) is 11.7. The van der Waals surface area contributed by atoms with Crippen molar-refractivity contribution in [2.45, 2.75) is 18.1 Å². The Kier molecular flexibility index (Phi) is 5.09. The molecule has 0 aromatic heterocycles. The van der Waals surface area contributed by atoms with E-state index in [1.165, 1.54) is 5.56 Å². The van der Waals surface area contributed by atoms with Gasteiger partial charge in [0.25, 0.3) is 0 Å². The number of hydrogen-bond donors (Lipinski definition) is 2. The molecule has 24 heavy (non-hydrogen) atoms. The van der Waals surface area contributed by atoms with E-state index < -0.39 is 5.60 Å². The van der Waals surface area contributed by atoms with Gasteiger partial charge in [-0.25, -0.2) is 0 Å². The first kappa shape index (κ1) is 16.4. The lowest BCUT2D eigenvalue weighted by Crippen LogP contribution is -2.49. The van der Waals surface area contributed by atoms with Crippen molar-refractivity contribution in [3.8, 4) is 0 Å². The van der Waals surface area contributed by atoms with E-state index >= 15 is 0 Å². The third kappa shape index (κ3) is 3.25. The van der Waals surface area contributed by atoms with Crippen LogP contribution in [0.5, 0.6) is 0 Å². The van der Waals surface area contributed by atoms with Crippen molar-refractivity contribution in [1.29, 1.82) is 0 Å². The van der Waals surface area contributed by atoms with Gasteiger partial charge >= 0.3 is 0 Å². The largest absolute Gasteiger partial charge is 0.379 e. The van der Waals surface area contributed by atoms with Crippen LogP contribution in [0.1, 0.15) is 16.7 Å². The normalized spacial score (nSPS) is 12.8. The van der Waals surface area contributed by atoms with Crippen LogP contribution in [0, 0.1) is 0 Å². The molecule has 0 radical (unpaired) electrons. The van der Waals surface area contributed by atoms with Gasteiger partial charge < -0.3 is 10.4 Å². The van der Waals surface area contributed by atoms with Crippen molar-refractivity contribution in [3.05, 3.63) is 108 Å². The van der Waals surface area contributed by atoms with E-state index in [-0.39, 0.29) is 6.04 Å². The quantitative estimate of drug-likeness (QED) is 0.725. The molecule has 0 amide bonds. The predicted octanol–water partition coefficient (Wildman–Crippen LogP) is 3.75. The molecule has 3 aromatic carbocycles. The zero-order chi connectivity index (χ0) is 16.8. The fourth-order valence-electron chi connectivity index (χ4n) is 3.26. The summed E-state index contributed by atoms with van der Waals surface area (Å²) in [6.07, 6.45) is 0.734. The summed E-state index contributed by atoms with van der Waals surface area (Å²) in [6.45, 7) is 0. The fraction of sp³-hybridized carbons (Fsp3) is 0.182. The number of nitrogens with one attached hydrogen (secondary N) is 1. The van der Waals surface area contributed by atoms with Crippen LogP contribution in [-0.2, 0) is 12.0 Å². The molecule has 0 fully saturated rings. The molecule has 3 rings (SSSR count). The van der Waals surface area contributed by atoms with E-state index in [4.69, 9.17) is 0 Å². The van der Waals surface area contributed by atoms with Gasteiger partial charge in [-0.1, -0.05) is 91.0 Å². The molecule has 2 N–H and O–H groups in total. The van der Waals surface area contributed by atoms with E-state index in [2.05, 4.69) is 17.4 Å². The maximum absolute atomic E-state index is 11.8. The van der Waals surface area contributed by atoms with Crippen molar-refractivity contribution in [3.63, 3.8) is 0 Å². The Bertz CT molecular complexity index is 701. The minimum absolute atomic E-state index is 0.148. The van der Waals surface area contributed by atoms with Crippen molar-refractivity contribution >= 4 is 0 Å². The molecule has 0 saturated heterocycles. The molecule has 0 aliphatic carbocycles. The van der Waals surface area contributed by atoms with Crippen molar-refractivity contribution in [1.82, 2.24) is 5.32 Å². The Balaban J connectivity index is 2.06. The second-order valence-electron chi connectivity index (χ2n) is 6.03. The van der Waals surface area contributed by atoms with E-state index in [0.29, 0.717) is 0 Å². The molecule has 1 unspecified atom stereocenters. The summed E-state index contributed by atoms with van der Waals surface area (Å²) in [5.41, 5.74) is 1.88. The molecule has 3 aromatic rings. The molecule has 0 heterocycles. The van der Waals surface area contributed by atoms with Crippen molar-refractivity contribution in [2.75, 3.05) is 7.05 Å². The van der Waals surface area contributed by atoms with Crippen LogP contribution < -0.4 is 5.32 Å². The second kappa shape index (κ2) is 7.43. The third-order valence-electron chi connectivity index (χ3n) is 4.56. The lowest BCUT2D eigenvalue weighted by atomic mass is 9.78. The van der Waals surface area contributed by atoms with E-state index in [1.807, 2.05) is 85.9 Å². The minimum Gasteiger partial charge on any atom is -0.379 e. The van der Waals surface area contributed by atoms with Gasteiger partial charge in [0.05, 0.1) is 0 Å². The van der Waals surface area contributed by atoms with Crippen LogP contribution in [-0.4, -0.2) is 18.2 Å². The molecule has 0 spiro atoms. The molecule has 122 valence electrons. The van der Waals surface area contributed by atoms with Gasteiger partial charge in [0, 0.05) is 6.04 Å². The Morgan fingerprint density at radius 2 is 1.17 bits per heavy atom. The maximum atomic E-state index is 11.8. The van der Waals surface area contributed by atoms with Gasteiger partial charge in [0.15, 0.2) is 0 Å². The zero-order valence-corrected chi connectivity index (χ0v) is 13.9. The highest BCUT2D eigenvalue weighted by atomic mass is 16.3. The van der Waals surface area contributed by atoms with E-state index in [0.717, 1.165) is 17.5 Å². The number of aliphatic hydroxyl groups is 1. The van der Waals surface area contributed by atoms with Crippen LogP contribution in [0.2, 0.25) is 0 Å². The molecular weight excluding hydrogens is 294 g/mol. The Labute approximate surface area is 143 Å². The lowest BCUT2D eigenvalue weighted by molar-refractivity contribution is 0.0399.